The number of unbranched alkanes of at least 4 members (excludes halogenated alkanes) is 9. The van der Waals surface area contributed by atoms with Gasteiger partial charge in [-0.15, -0.1) is 0 Å². The minimum Gasteiger partial charge on any atom is -0.462 e. The number of carbonyl (C=O) groups excluding carboxylic acids is 2. The largest absolute Gasteiger partial charge is 0.469 e. The van der Waals surface area contributed by atoms with E-state index >= 15 is 0 Å². The van der Waals surface area contributed by atoms with Gasteiger partial charge >= 0.3 is 19.8 Å². The van der Waals surface area contributed by atoms with E-state index in [9.17, 15) is 14.2 Å². The molecule has 1 atom stereocenters. The van der Waals surface area contributed by atoms with Gasteiger partial charge in [-0.2, -0.15) is 0 Å². The van der Waals surface area contributed by atoms with Gasteiger partial charge in [0.1, 0.15) is 6.61 Å². The molecule has 9 heteroatoms. The quantitative estimate of drug-likeness (QED) is 0.0571. The van der Waals surface area contributed by atoms with Gasteiger partial charge in [-0.3, -0.25) is 14.1 Å². The lowest BCUT2D eigenvalue weighted by Crippen LogP contribution is -2.29. The number of phosphoric ester groups is 1. The molecule has 37 heavy (non-hydrogen) atoms. The molecule has 0 aliphatic heterocycles. The van der Waals surface area contributed by atoms with Crippen molar-refractivity contribution >= 4 is 19.8 Å². The lowest BCUT2D eigenvalue weighted by molar-refractivity contribution is -0.161. The minimum atomic E-state index is -4.72. The zero-order valence-corrected chi connectivity index (χ0v) is 23.7. The van der Waals surface area contributed by atoms with Gasteiger partial charge in [0.25, 0.3) is 0 Å². The normalized spacial score (nSPS) is 13.1. The standard InChI is InChI=1S/C28H49O8P/c1-3-5-6-7-8-9-10-11-12-13-14-15-16-17-18-19-20-21-22-23-28(30)36-26(24-34-27(29)4-2)25-35-37(31,32)33/h8-9,11-12,14-15,26H,3-7,10,13,16-25H2,1-2H3,(H2,31,32,33)/b9-8-,12-11-,15-14-. The van der Waals surface area contributed by atoms with Crippen LogP contribution in [0.4, 0.5) is 0 Å². The maximum absolute atomic E-state index is 12.0. The summed E-state index contributed by atoms with van der Waals surface area (Å²) in [6.45, 7) is 2.98. The molecule has 1 unspecified atom stereocenters. The Bertz CT molecular complexity index is 711. The molecule has 0 aromatic carbocycles. The van der Waals surface area contributed by atoms with E-state index in [4.69, 9.17) is 19.3 Å². The van der Waals surface area contributed by atoms with Crippen molar-refractivity contribution < 1.29 is 37.9 Å². The number of hydrogen-bond acceptors (Lipinski definition) is 6. The van der Waals surface area contributed by atoms with Gasteiger partial charge in [0, 0.05) is 12.8 Å². The topological polar surface area (TPSA) is 119 Å². The molecule has 8 nitrogen and oxygen atoms in total. The Morgan fingerprint density at radius 1 is 0.730 bits per heavy atom. The summed E-state index contributed by atoms with van der Waals surface area (Å²) < 4.78 is 25.4. The molecular formula is C28H49O8P. The van der Waals surface area contributed by atoms with Crippen molar-refractivity contribution in [1.82, 2.24) is 0 Å². The molecule has 214 valence electrons. The van der Waals surface area contributed by atoms with Crippen LogP contribution in [-0.2, 0) is 28.2 Å². The second-order valence-corrected chi connectivity index (χ2v) is 10.2. The Labute approximate surface area is 223 Å². The molecule has 0 spiro atoms. The summed E-state index contributed by atoms with van der Waals surface area (Å²) in [6, 6.07) is 0. The third kappa shape index (κ3) is 27.1. The van der Waals surface area contributed by atoms with Crippen LogP contribution in [0.5, 0.6) is 0 Å². The highest BCUT2D eigenvalue weighted by Crippen LogP contribution is 2.35. The first-order chi connectivity index (χ1) is 17.8. The first-order valence-corrected chi connectivity index (χ1v) is 15.3. The SMILES string of the molecule is CCCCC/C=C\C/C=C\C/C=C\CCCCCCCCC(=O)OC(COC(=O)CC)COP(=O)(O)O. The van der Waals surface area contributed by atoms with E-state index in [2.05, 4.69) is 47.9 Å². The number of ether oxygens (including phenoxy) is 2. The molecule has 0 aromatic rings. The van der Waals surface area contributed by atoms with E-state index in [1.165, 1.54) is 25.7 Å². The Balaban J connectivity index is 3.79. The zero-order valence-electron chi connectivity index (χ0n) is 22.9. The summed E-state index contributed by atoms with van der Waals surface area (Å²) in [7, 11) is -4.72. The van der Waals surface area contributed by atoms with Crippen LogP contribution in [-0.4, -0.2) is 41.0 Å². The molecule has 0 rings (SSSR count). The molecule has 0 amide bonds. The molecule has 0 saturated carbocycles. The molecule has 0 aromatic heterocycles. The van der Waals surface area contributed by atoms with Crippen molar-refractivity contribution in [3.8, 4) is 0 Å². The third-order valence-corrected chi connectivity index (χ3v) is 5.95. The second kappa shape index (κ2) is 24.6. The fourth-order valence-electron chi connectivity index (χ4n) is 3.36. The Morgan fingerprint density at radius 2 is 1.27 bits per heavy atom. The van der Waals surface area contributed by atoms with E-state index in [1.807, 2.05) is 0 Å². The fraction of sp³-hybridized carbons (Fsp3) is 0.714. The summed E-state index contributed by atoms with van der Waals surface area (Å²) in [5.41, 5.74) is 0. The van der Waals surface area contributed by atoms with Crippen LogP contribution >= 0.6 is 7.82 Å². The highest BCUT2D eigenvalue weighted by molar-refractivity contribution is 7.46. The second-order valence-electron chi connectivity index (χ2n) is 8.98. The van der Waals surface area contributed by atoms with Crippen molar-refractivity contribution in [1.29, 1.82) is 0 Å². The maximum atomic E-state index is 12.0. The highest BCUT2D eigenvalue weighted by atomic mass is 31.2. The molecule has 0 fully saturated rings. The van der Waals surface area contributed by atoms with Gasteiger partial charge in [-0.1, -0.05) is 88.8 Å². The van der Waals surface area contributed by atoms with Gasteiger partial charge in [0.15, 0.2) is 6.10 Å². The molecule has 0 bridgehead atoms. The predicted octanol–water partition coefficient (Wildman–Crippen LogP) is 7.11. The number of rotatable bonds is 24. The maximum Gasteiger partial charge on any atom is 0.469 e. The highest BCUT2D eigenvalue weighted by Gasteiger charge is 2.22. The molecule has 0 heterocycles. The molecule has 2 N–H and O–H groups in total. The number of esters is 2. The van der Waals surface area contributed by atoms with Gasteiger partial charge < -0.3 is 19.3 Å². The minimum absolute atomic E-state index is 0.144. The van der Waals surface area contributed by atoms with Gasteiger partial charge in [0.2, 0.25) is 0 Å². The van der Waals surface area contributed by atoms with E-state index in [0.717, 1.165) is 51.4 Å². The number of allylic oxidation sites excluding steroid dienone is 6. The summed E-state index contributed by atoms with van der Waals surface area (Å²) in [4.78, 5) is 41.0. The zero-order chi connectivity index (χ0) is 27.6. The van der Waals surface area contributed by atoms with Crippen molar-refractivity contribution in [2.24, 2.45) is 0 Å². The molecule has 0 aliphatic carbocycles. The smallest absolute Gasteiger partial charge is 0.462 e. The van der Waals surface area contributed by atoms with Crippen LogP contribution in [0.3, 0.4) is 0 Å². The van der Waals surface area contributed by atoms with Gasteiger partial charge in [-0.05, 0) is 44.9 Å². The summed E-state index contributed by atoms with van der Waals surface area (Å²) in [6.07, 6.45) is 26.8. The van der Waals surface area contributed by atoms with Crippen LogP contribution < -0.4 is 0 Å². The number of hydrogen-bond donors (Lipinski definition) is 2. The fourth-order valence-corrected chi connectivity index (χ4v) is 3.72. The summed E-state index contributed by atoms with van der Waals surface area (Å²) in [5, 5.41) is 0. The summed E-state index contributed by atoms with van der Waals surface area (Å²) in [5.74, 6) is -1.00. The third-order valence-electron chi connectivity index (χ3n) is 5.47. The summed E-state index contributed by atoms with van der Waals surface area (Å²) >= 11 is 0. The average molecular weight is 545 g/mol. The molecule has 0 radical (unpaired) electrons. The molecule has 0 saturated heterocycles. The van der Waals surface area contributed by atoms with Crippen LogP contribution in [0.25, 0.3) is 0 Å². The van der Waals surface area contributed by atoms with Gasteiger partial charge in [0.05, 0.1) is 6.61 Å². The van der Waals surface area contributed by atoms with Crippen LogP contribution in [0, 0.1) is 0 Å². The first-order valence-electron chi connectivity index (χ1n) is 13.8. The molecular weight excluding hydrogens is 495 g/mol. The lowest BCUT2D eigenvalue weighted by atomic mass is 10.1. The molecule has 0 aliphatic rings. The van der Waals surface area contributed by atoms with Gasteiger partial charge in [-0.25, -0.2) is 4.57 Å². The van der Waals surface area contributed by atoms with Crippen LogP contribution in [0.1, 0.15) is 110 Å². The van der Waals surface area contributed by atoms with E-state index in [1.54, 1.807) is 6.92 Å². The Kier molecular flexibility index (Phi) is 23.4. The monoisotopic (exact) mass is 544 g/mol. The number of carbonyl (C=O) groups is 2. The van der Waals surface area contributed by atoms with E-state index in [0.29, 0.717) is 6.42 Å². The van der Waals surface area contributed by atoms with Crippen molar-refractivity contribution in [2.45, 2.75) is 116 Å². The van der Waals surface area contributed by atoms with Crippen molar-refractivity contribution in [3.05, 3.63) is 36.5 Å². The van der Waals surface area contributed by atoms with Crippen LogP contribution in [0.2, 0.25) is 0 Å². The average Bonchev–Trinajstić information content (AvgIpc) is 2.86. The van der Waals surface area contributed by atoms with E-state index < -0.39 is 32.5 Å². The Morgan fingerprint density at radius 3 is 1.84 bits per heavy atom. The lowest BCUT2D eigenvalue weighted by Gasteiger charge is -2.18. The first kappa shape index (κ1) is 35.3. The van der Waals surface area contributed by atoms with Crippen LogP contribution in [0.15, 0.2) is 36.5 Å². The van der Waals surface area contributed by atoms with Crippen molar-refractivity contribution in [3.63, 3.8) is 0 Å². The predicted molar refractivity (Wildman–Crippen MR) is 147 cm³/mol. The van der Waals surface area contributed by atoms with E-state index in [-0.39, 0.29) is 19.4 Å². The van der Waals surface area contributed by atoms with Crippen molar-refractivity contribution in [2.75, 3.05) is 13.2 Å². The number of phosphoric acid groups is 1. The Hall–Kier alpha value is -1.73.